The maximum atomic E-state index is 5.79. The van der Waals surface area contributed by atoms with Gasteiger partial charge in [0.05, 0.1) is 25.5 Å². The van der Waals surface area contributed by atoms with Gasteiger partial charge >= 0.3 is 0 Å². The Labute approximate surface area is 103 Å². The molecule has 0 saturated carbocycles. The Morgan fingerprint density at radius 2 is 2.25 bits per heavy atom. The van der Waals surface area contributed by atoms with Gasteiger partial charge in [0.1, 0.15) is 11.9 Å². The van der Waals surface area contributed by atoms with Crippen LogP contribution in [0.25, 0.3) is 0 Å². The van der Waals surface area contributed by atoms with Gasteiger partial charge in [-0.15, -0.1) is 0 Å². The highest BCUT2D eigenvalue weighted by Crippen LogP contribution is 2.33. The lowest BCUT2D eigenvalue weighted by atomic mass is 10.1. The minimum Gasteiger partial charge on any atom is -0.484 e. The minimum atomic E-state index is -0.0339. The minimum absolute atomic E-state index is 0.0339. The van der Waals surface area contributed by atoms with Gasteiger partial charge in [0.15, 0.2) is 0 Å². The Kier molecular flexibility index (Phi) is 3.78. The summed E-state index contributed by atoms with van der Waals surface area (Å²) in [6, 6.07) is 0. The van der Waals surface area contributed by atoms with Crippen LogP contribution in [0.1, 0.15) is 18.6 Å². The van der Waals surface area contributed by atoms with Crippen molar-refractivity contribution in [1.29, 1.82) is 0 Å². The zero-order valence-corrected chi connectivity index (χ0v) is 10.9. The molecule has 2 rings (SSSR count). The monoisotopic (exact) mass is 287 g/mol. The van der Waals surface area contributed by atoms with E-state index in [9.17, 15) is 0 Å². The summed E-state index contributed by atoms with van der Waals surface area (Å²) in [5, 5.41) is 0. The van der Waals surface area contributed by atoms with Crippen molar-refractivity contribution in [1.82, 2.24) is 4.98 Å². The molecule has 16 heavy (non-hydrogen) atoms. The molecule has 2 heterocycles. The lowest BCUT2D eigenvalue weighted by Gasteiger charge is -2.28. The van der Waals surface area contributed by atoms with Gasteiger partial charge in [0.2, 0.25) is 0 Å². The number of rotatable bonds is 4. The Morgan fingerprint density at radius 1 is 1.50 bits per heavy atom. The van der Waals surface area contributed by atoms with Crippen LogP contribution in [0.5, 0.6) is 5.75 Å². The molecule has 0 amide bonds. The fourth-order valence-electron chi connectivity index (χ4n) is 1.50. The van der Waals surface area contributed by atoms with Gasteiger partial charge in [-0.2, -0.15) is 0 Å². The van der Waals surface area contributed by atoms with Crippen LogP contribution >= 0.6 is 15.9 Å². The molecule has 1 aromatic heterocycles. The molecular weight excluding hydrogens is 274 g/mol. The Bertz CT molecular complexity index is 368. The molecular formula is C11H14BrNO3. The summed E-state index contributed by atoms with van der Waals surface area (Å²) < 4.78 is 17.1. The van der Waals surface area contributed by atoms with Crippen molar-refractivity contribution in [3.05, 3.63) is 22.4 Å². The largest absolute Gasteiger partial charge is 0.484 e. The molecule has 1 aliphatic rings. The molecule has 0 aromatic carbocycles. The molecule has 1 saturated heterocycles. The Balaban J connectivity index is 2.23. The molecule has 1 fully saturated rings. The highest BCUT2D eigenvalue weighted by atomic mass is 79.9. The van der Waals surface area contributed by atoms with Gasteiger partial charge in [0, 0.05) is 23.3 Å². The van der Waals surface area contributed by atoms with Crippen LogP contribution in [0.15, 0.2) is 16.9 Å². The second kappa shape index (κ2) is 5.12. The van der Waals surface area contributed by atoms with E-state index in [2.05, 4.69) is 20.9 Å². The summed E-state index contributed by atoms with van der Waals surface area (Å²) >= 11 is 3.46. The molecule has 0 N–H and O–H groups in total. The smallest absolute Gasteiger partial charge is 0.145 e. The number of halogens is 1. The highest BCUT2D eigenvalue weighted by molar-refractivity contribution is 9.10. The summed E-state index contributed by atoms with van der Waals surface area (Å²) in [5.74, 6) is 0.761. The van der Waals surface area contributed by atoms with Gasteiger partial charge in [-0.25, -0.2) is 0 Å². The van der Waals surface area contributed by atoms with Gasteiger partial charge in [-0.1, -0.05) is 0 Å². The molecule has 1 aliphatic heterocycles. The van der Waals surface area contributed by atoms with Crippen molar-refractivity contribution < 1.29 is 14.2 Å². The number of methoxy groups -OCH3 is 1. The van der Waals surface area contributed by atoms with Crippen LogP contribution in [0.3, 0.4) is 0 Å². The van der Waals surface area contributed by atoms with Gasteiger partial charge in [-0.05, 0) is 22.9 Å². The van der Waals surface area contributed by atoms with Crippen molar-refractivity contribution in [3.63, 3.8) is 0 Å². The summed E-state index contributed by atoms with van der Waals surface area (Å²) in [7, 11) is 1.67. The second-order valence-electron chi connectivity index (χ2n) is 3.69. The van der Waals surface area contributed by atoms with Crippen LogP contribution in [-0.2, 0) is 9.47 Å². The molecule has 1 unspecified atom stereocenters. The number of hydrogen-bond donors (Lipinski definition) is 0. The van der Waals surface area contributed by atoms with Crippen LogP contribution in [0, 0.1) is 0 Å². The first-order valence-electron chi connectivity index (χ1n) is 5.13. The summed E-state index contributed by atoms with van der Waals surface area (Å²) in [5.41, 5.74) is 0.990. The maximum Gasteiger partial charge on any atom is 0.145 e. The van der Waals surface area contributed by atoms with Gasteiger partial charge in [-0.3, -0.25) is 4.98 Å². The fourth-order valence-corrected chi connectivity index (χ4v) is 2.13. The van der Waals surface area contributed by atoms with E-state index in [-0.39, 0.29) is 12.2 Å². The number of aromatic nitrogens is 1. The average molecular weight is 288 g/mol. The molecule has 0 spiro atoms. The number of ether oxygens (including phenoxy) is 3. The first-order valence-corrected chi connectivity index (χ1v) is 5.92. The summed E-state index contributed by atoms with van der Waals surface area (Å²) in [6.45, 7) is 3.27. The van der Waals surface area contributed by atoms with E-state index in [1.54, 1.807) is 19.5 Å². The van der Waals surface area contributed by atoms with Crippen molar-refractivity contribution in [2.75, 3.05) is 20.3 Å². The number of pyridine rings is 1. The molecule has 0 aliphatic carbocycles. The van der Waals surface area contributed by atoms with Crippen LogP contribution in [0.2, 0.25) is 0 Å². The van der Waals surface area contributed by atoms with E-state index in [0.717, 1.165) is 15.8 Å². The van der Waals surface area contributed by atoms with Gasteiger partial charge in [0.25, 0.3) is 0 Å². The molecule has 4 nitrogen and oxygen atoms in total. The van der Waals surface area contributed by atoms with Crippen molar-refractivity contribution in [3.8, 4) is 5.75 Å². The zero-order valence-electron chi connectivity index (χ0n) is 9.27. The summed E-state index contributed by atoms with van der Waals surface area (Å²) in [4.78, 5) is 4.10. The first kappa shape index (κ1) is 11.8. The first-order chi connectivity index (χ1) is 7.72. The standard InChI is InChI=1S/C11H14BrNO3/c1-7(14-2)11-9(12)3-13-4-10(11)16-8-5-15-6-8/h3-4,7-8H,5-6H2,1-2H3. The predicted molar refractivity (Wildman–Crippen MR) is 62.6 cm³/mol. The zero-order chi connectivity index (χ0) is 11.5. The topological polar surface area (TPSA) is 40.6 Å². The second-order valence-corrected chi connectivity index (χ2v) is 4.54. The third-order valence-corrected chi connectivity index (χ3v) is 3.20. The third-order valence-electron chi connectivity index (χ3n) is 2.56. The van der Waals surface area contributed by atoms with Crippen molar-refractivity contribution in [2.24, 2.45) is 0 Å². The SMILES string of the molecule is COC(C)c1c(Br)cncc1OC1COC1. The normalized spacial score (nSPS) is 17.9. The van der Waals surface area contributed by atoms with E-state index in [1.807, 2.05) is 6.92 Å². The molecule has 1 aromatic rings. The molecule has 88 valence electrons. The molecule has 1 atom stereocenters. The third kappa shape index (κ3) is 2.36. The predicted octanol–water partition coefficient (Wildman–Crippen LogP) is 2.33. The number of hydrogen-bond acceptors (Lipinski definition) is 4. The van der Waals surface area contributed by atoms with Gasteiger partial charge < -0.3 is 14.2 Å². The molecule has 0 bridgehead atoms. The lowest BCUT2D eigenvalue weighted by Crippen LogP contribution is -2.38. The Morgan fingerprint density at radius 3 is 2.81 bits per heavy atom. The molecule has 0 radical (unpaired) electrons. The molecule has 5 heteroatoms. The van der Waals surface area contributed by atoms with E-state index in [1.165, 1.54) is 0 Å². The quantitative estimate of drug-likeness (QED) is 0.852. The fraction of sp³-hybridized carbons (Fsp3) is 0.545. The number of nitrogens with zero attached hydrogens (tertiary/aromatic N) is 1. The van der Waals surface area contributed by atoms with Crippen LogP contribution in [-0.4, -0.2) is 31.4 Å². The van der Waals surface area contributed by atoms with Crippen molar-refractivity contribution in [2.45, 2.75) is 19.1 Å². The lowest BCUT2D eigenvalue weighted by molar-refractivity contribution is -0.0808. The van der Waals surface area contributed by atoms with Crippen LogP contribution < -0.4 is 4.74 Å². The van der Waals surface area contributed by atoms with E-state index >= 15 is 0 Å². The van der Waals surface area contributed by atoms with E-state index < -0.39 is 0 Å². The van der Waals surface area contributed by atoms with Crippen LogP contribution in [0.4, 0.5) is 0 Å². The van der Waals surface area contributed by atoms with E-state index in [0.29, 0.717) is 13.2 Å². The maximum absolute atomic E-state index is 5.79. The van der Waals surface area contributed by atoms with Crippen molar-refractivity contribution >= 4 is 15.9 Å². The average Bonchev–Trinajstić information content (AvgIpc) is 2.22. The Hall–Kier alpha value is -0.650. The van der Waals surface area contributed by atoms with E-state index in [4.69, 9.17) is 14.2 Å². The summed E-state index contributed by atoms with van der Waals surface area (Å²) in [6.07, 6.45) is 3.57. The highest BCUT2D eigenvalue weighted by Gasteiger charge is 2.23.